The predicted molar refractivity (Wildman–Crippen MR) is 69.4 cm³/mol. The third-order valence-electron chi connectivity index (χ3n) is 2.78. The Morgan fingerprint density at radius 1 is 1.63 bits per heavy atom. The number of nitrogens with one attached hydrogen (secondary N) is 1. The van der Waals surface area contributed by atoms with E-state index in [9.17, 15) is 14.9 Å². The van der Waals surface area contributed by atoms with Crippen LogP contribution in [0.4, 0.5) is 5.69 Å². The Hall–Kier alpha value is -1.80. The van der Waals surface area contributed by atoms with Gasteiger partial charge in [0.05, 0.1) is 17.4 Å². The third-order valence-corrected chi connectivity index (χ3v) is 4.05. The van der Waals surface area contributed by atoms with Crippen molar-refractivity contribution in [2.75, 3.05) is 12.9 Å². The van der Waals surface area contributed by atoms with Gasteiger partial charge in [0.2, 0.25) is 0 Å². The van der Waals surface area contributed by atoms with Gasteiger partial charge >= 0.3 is 11.7 Å². The zero-order chi connectivity index (χ0) is 14.0. The van der Waals surface area contributed by atoms with Gasteiger partial charge in [0.25, 0.3) is 0 Å². The lowest BCUT2D eigenvalue weighted by atomic mass is 10.1. The maximum absolute atomic E-state index is 10.9. The molecule has 0 aromatic heterocycles. The fraction of sp³-hybridized carbons (Fsp3) is 0.364. The molecule has 0 amide bonds. The lowest BCUT2D eigenvalue weighted by Crippen LogP contribution is -2.33. The average Bonchev–Trinajstić information content (AvgIpc) is 2.87. The number of rotatable bonds is 4. The fourth-order valence-corrected chi connectivity index (χ4v) is 3.04. The van der Waals surface area contributed by atoms with Gasteiger partial charge in [-0.15, -0.1) is 11.8 Å². The zero-order valence-electron chi connectivity index (χ0n) is 10.0. The summed E-state index contributed by atoms with van der Waals surface area (Å²) in [5.74, 6) is -0.302. The van der Waals surface area contributed by atoms with Crippen LogP contribution in [-0.2, 0) is 4.79 Å². The second-order valence-corrected chi connectivity index (χ2v) is 5.10. The summed E-state index contributed by atoms with van der Waals surface area (Å²) in [7, 11) is 1.37. The Morgan fingerprint density at radius 3 is 2.89 bits per heavy atom. The van der Waals surface area contributed by atoms with E-state index in [0.717, 1.165) is 0 Å². The Morgan fingerprint density at radius 2 is 2.37 bits per heavy atom. The van der Waals surface area contributed by atoms with E-state index in [1.807, 2.05) is 0 Å². The summed E-state index contributed by atoms with van der Waals surface area (Å²) in [6, 6.07) is 3.99. The summed E-state index contributed by atoms with van der Waals surface area (Å²) < 4.78 is 4.92. The van der Waals surface area contributed by atoms with Crippen LogP contribution in [0.25, 0.3) is 0 Å². The number of ether oxygens (including phenoxy) is 1. The first kappa shape index (κ1) is 13.6. The predicted octanol–water partition coefficient (Wildman–Crippen LogP) is 1.39. The van der Waals surface area contributed by atoms with Crippen molar-refractivity contribution in [3.05, 3.63) is 33.9 Å². The number of methoxy groups -OCH3 is 1. The molecule has 102 valence electrons. The van der Waals surface area contributed by atoms with Crippen LogP contribution in [-0.4, -0.2) is 34.9 Å². The van der Waals surface area contributed by atoms with Crippen LogP contribution in [0.3, 0.4) is 0 Å². The summed E-state index contributed by atoms with van der Waals surface area (Å²) in [6.07, 6.45) is 0. The summed E-state index contributed by atoms with van der Waals surface area (Å²) in [5, 5.41) is 22.5. The second kappa shape index (κ2) is 5.45. The van der Waals surface area contributed by atoms with Crippen LogP contribution in [0.2, 0.25) is 0 Å². The first-order valence-electron chi connectivity index (χ1n) is 5.45. The highest BCUT2D eigenvalue weighted by Crippen LogP contribution is 2.37. The molecule has 1 aliphatic heterocycles. The average molecular weight is 284 g/mol. The van der Waals surface area contributed by atoms with Crippen molar-refractivity contribution in [1.82, 2.24) is 5.32 Å². The van der Waals surface area contributed by atoms with E-state index in [4.69, 9.17) is 9.84 Å². The molecule has 0 radical (unpaired) electrons. The molecule has 19 heavy (non-hydrogen) atoms. The number of carbonyl (C=O) groups is 1. The minimum Gasteiger partial charge on any atom is -0.490 e. The van der Waals surface area contributed by atoms with Gasteiger partial charge < -0.3 is 9.84 Å². The first-order chi connectivity index (χ1) is 9.02. The molecule has 1 aromatic rings. The summed E-state index contributed by atoms with van der Waals surface area (Å²) >= 11 is 1.41. The molecule has 2 unspecified atom stereocenters. The van der Waals surface area contributed by atoms with Crippen molar-refractivity contribution in [3.8, 4) is 5.75 Å². The van der Waals surface area contributed by atoms with Crippen LogP contribution in [0.5, 0.6) is 5.75 Å². The molecule has 1 fully saturated rings. The molecule has 1 aromatic carbocycles. The van der Waals surface area contributed by atoms with Crippen LogP contribution in [0.15, 0.2) is 18.2 Å². The molecule has 2 rings (SSSR count). The molecule has 7 nitrogen and oxygen atoms in total. The first-order valence-corrected chi connectivity index (χ1v) is 6.50. The van der Waals surface area contributed by atoms with Gasteiger partial charge in [-0.2, -0.15) is 0 Å². The highest BCUT2D eigenvalue weighted by Gasteiger charge is 2.31. The minimum absolute atomic E-state index is 0.124. The zero-order valence-corrected chi connectivity index (χ0v) is 10.8. The molecule has 1 saturated heterocycles. The van der Waals surface area contributed by atoms with Crippen molar-refractivity contribution in [1.29, 1.82) is 0 Å². The fourth-order valence-electron chi connectivity index (χ4n) is 1.82. The molecular formula is C11H12N2O5S. The van der Waals surface area contributed by atoms with E-state index in [2.05, 4.69) is 5.32 Å². The molecule has 2 atom stereocenters. The van der Waals surface area contributed by atoms with Gasteiger partial charge in [-0.25, -0.2) is 0 Å². The number of nitro groups is 1. The maximum Gasteiger partial charge on any atom is 0.321 e. The van der Waals surface area contributed by atoms with Crippen LogP contribution < -0.4 is 10.1 Å². The Labute approximate surface area is 113 Å². The number of carboxylic acids is 1. The molecule has 8 heteroatoms. The summed E-state index contributed by atoms with van der Waals surface area (Å²) in [5.41, 5.74) is 0.544. The summed E-state index contributed by atoms with van der Waals surface area (Å²) in [4.78, 5) is 21.3. The highest BCUT2D eigenvalue weighted by molar-refractivity contribution is 7.99. The molecule has 2 N–H and O–H groups in total. The van der Waals surface area contributed by atoms with Crippen LogP contribution >= 0.6 is 11.8 Å². The monoisotopic (exact) mass is 284 g/mol. The maximum atomic E-state index is 10.9. The summed E-state index contributed by atoms with van der Waals surface area (Å²) in [6.45, 7) is 0. The number of hydrogen-bond acceptors (Lipinski definition) is 6. The van der Waals surface area contributed by atoms with Gasteiger partial charge in [0.15, 0.2) is 5.75 Å². The highest BCUT2D eigenvalue weighted by atomic mass is 32.2. The van der Waals surface area contributed by atoms with E-state index >= 15 is 0 Å². The lowest BCUT2D eigenvalue weighted by molar-refractivity contribution is -0.385. The topological polar surface area (TPSA) is 102 Å². The number of nitro benzene ring substituents is 1. The SMILES string of the molecule is COc1ccc(C2NC(C(=O)O)CS2)cc1[N+](=O)[O-]. The van der Waals surface area contributed by atoms with Crippen molar-refractivity contribution >= 4 is 23.4 Å². The number of hydrogen-bond donors (Lipinski definition) is 2. The molecule has 0 saturated carbocycles. The molecule has 0 spiro atoms. The Kier molecular flexibility index (Phi) is 3.91. The van der Waals surface area contributed by atoms with Gasteiger partial charge in [-0.05, 0) is 11.6 Å². The van der Waals surface area contributed by atoms with E-state index in [1.54, 1.807) is 6.07 Å². The molecular weight excluding hydrogens is 272 g/mol. The second-order valence-electron chi connectivity index (χ2n) is 3.96. The molecule has 1 aliphatic rings. The number of aliphatic carboxylic acids is 1. The van der Waals surface area contributed by atoms with E-state index in [0.29, 0.717) is 11.3 Å². The largest absolute Gasteiger partial charge is 0.490 e. The molecule has 1 heterocycles. The Balaban J connectivity index is 2.25. The number of thioether (sulfide) groups is 1. The van der Waals surface area contributed by atoms with Gasteiger partial charge in [0, 0.05) is 11.8 Å². The van der Waals surface area contributed by atoms with Gasteiger partial charge in [0.1, 0.15) is 6.04 Å². The number of benzene rings is 1. The lowest BCUT2D eigenvalue weighted by Gasteiger charge is -2.12. The van der Waals surface area contributed by atoms with E-state index in [-0.39, 0.29) is 16.8 Å². The molecule has 0 bridgehead atoms. The third kappa shape index (κ3) is 2.79. The smallest absolute Gasteiger partial charge is 0.321 e. The van der Waals surface area contributed by atoms with E-state index < -0.39 is 16.9 Å². The number of carboxylic acid groups (broad SMARTS) is 1. The van der Waals surface area contributed by atoms with Crippen molar-refractivity contribution in [3.63, 3.8) is 0 Å². The van der Waals surface area contributed by atoms with Gasteiger partial charge in [-0.1, -0.05) is 6.07 Å². The van der Waals surface area contributed by atoms with Crippen molar-refractivity contribution < 1.29 is 19.6 Å². The Bertz CT molecular complexity index is 522. The normalized spacial score (nSPS) is 22.2. The van der Waals surface area contributed by atoms with Crippen LogP contribution in [0.1, 0.15) is 10.9 Å². The van der Waals surface area contributed by atoms with Crippen LogP contribution in [0, 0.1) is 10.1 Å². The standard InChI is InChI=1S/C11H12N2O5S/c1-18-9-3-2-6(4-8(9)13(16)17)10-12-7(5-19-10)11(14)15/h2-4,7,10,12H,5H2,1H3,(H,14,15). The molecule has 0 aliphatic carbocycles. The van der Waals surface area contributed by atoms with Gasteiger partial charge in [-0.3, -0.25) is 20.2 Å². The minimum atomic E-state index is -0.919. The van der Waals surface area contributed by atoms with Crippen molar-refractivity contribution in [2.24, 2.45) is 0 Å². The number of nitrogens with zero attached hydrogens (tertiary/aromatic N) is 1. The quantitative estimate of drug-likeness (QED) is 0.636. The van der Waals surface area contributed by atoms with Crippen molar-refractivity contribution in [2.45, 2.75) is 11.4 Å². The van der Waals surface area contributed by atoms with E-state index in [1.165, 1.54) is 31.0 Å².